The second kappa shape index (κ2) is 5.30. The number of ether oxygens (including phenoxy) is 1. The molecule has 5 nitrogen and oxygen atoms in total. The van der Waals surface area contributed by atoms with E-state index in [0.717, 1.165) is 12.8 Å². The third-order valence-electron chi connectivity index (χ3n) is 5.63. The number of hydrogen-bond donors (Lipinski definition) is 1. The number of carbonyl (C=O) groups excluding carboxylic acids is 3. The predicted molar refractivity (Wildman–Crippen MR) is 79.9 cm³/mol. The van der Waals surface area contributed by atoms with Crippen LogP contribution in [0, 0.1) is 16.7 Å². The maximum atomic E-state index is 11.7. The van der Waals surface area contributed by atoms with Crippen LogP contribution in [0.3, 0.4) is 0 Å². The zero-order valence-corrected chi connectivity index (χ0v) is 13.6. The summed E-state index contributed by atoms with van der Waals surface area (Å²) in [5, 5.41) is 11.0. The van der Waals surface area contributed by atoms with Crippen LogP contribution < -0.4 is 0 Å². The van der Waals surface area contributed by atoms with Crippen LogP contribution in [0.4, 0.5) is 0 Å². The first kappa shape index (κ1) is 16.9. The quantitative estimate of drug-likeness (QED) is 0.635. The number of aldehydes is 2. The Hall–Kier alpha value is -1.49. The molecular weight excluding hydrogens is 284 g/mol. The van der Waals surface area contributed by atoms with Gasteiger partial charge in [-0.05, 0) is 24.3 Å². The van der Waals surface area contributed by atoms with Gasteiger partial charge in [0, 0.05) is 23.8 Å². The fraction of sp³-hybridized carbons (Fsp3) is 0.706. The molecule has 1 fully saturated rings. The summed E-state index contributed by atoms with van der Waals surface area (Å²) in [6.07, 6.45) is 4.14. The van der Waals surface area contributed by atoms with Gasteiger partial charge >= 0.3 is 5.97 Å². The first-order valence-electron chi connectivity index (χ1n) is 7.66. The molecule has 0 bridgehead atoms. The van der Waals surface area contributed by atoms with Crippen LogP contribution in [-0.2, 0) is 19.1 Å². The Balaban J connectivity index is 2.67. The van der Waals surface area contributed by atoms with Crippen molar-refractivity contribution in [2.24, 2.45) is 16.7 Å². The Morgan fingerprint density at radius 2 is 1.95 bits per heavy atom. The first-order chi connectivity index (χ1) is 10.1. The van der Waals surface area contributed by atoms with Crippen molar-refractivity contribution in [1.82, 2.24) is 0 Å². The van der Waals surface area contributed by atoms with E-state index < -0.39 is 23.1 Å². The van der Waals surface area contributed by atoms with E-state index >= 15 is 0 Å². The van der Waals surface area contributed by atoms with Crippen molar-refractivity contribution < 1.29 is 24.2 Å². The topological polar surface area (TPSA) is 80.7 Å². The highest BCUT2D eigenvalue weighted by atomic mass is 16.5. The molecule has 0 spiro atoms. The van der Waals surface area contributed by atoms with Crippen molar-refractivity contribution >= 4 is 18.5 Å². The van der Waals surface area contributed by atoms with Crippen molar-refractivity contribution in [3.8, 4) is 0 Å². The molecule has 0 amide bonds. The Bertz CT molecular complexity index is 535. The third kappa shape index (κ3) is 2.22. The van der Waals surface area contributed by atoms with Crippen molar-refractivity contribution in [1.29, 1.82) is 0 Å². The van der Waals surface area contributed by atoms with Crippen LogP contribution in [0.1, 0.15) is 47.0 Å². The summed E-state index contributed by atoms with van der Waals surface area (Å²) in [4.78, 5) is 34.6. The molecular formula is C17H24O5. The normalized spacial score (nSPS) is 40.1. The second-order valence-corrected chi connectivity index (χ2v) is 7.44. The van der Waals surface area contributed by atoms with Gasteiger partial charge in [-0.2, -0.15) is 0 Å². The Morgan fingerprint density at radius 1 is 1.32 bits per heavy atom. The molecule has 2 aliphatic rings. The first-order valence-corrected chi connectivity index (χ1v) is 7.66. The van der Waals surface area contributed by atoms with Gasteiger partial charge in [-0.1, -0.05) is 27.2 Å². The van der Waals surface area contributed by atoms with Crippen LogP contribution in [0.5, 0.6) is 0 Å². The summed E-state index contributed by atoms with van der Waals surface area (Å²) in [6, 6.07) is 0. The fourth-order valence-electron chi connectivity index (χ4n) is 4.67. The second-order valence-electron chi connectivity index (χ2n) is 7.44. The highest BCUT2D eigenvalue weighted by Gasteiger charge is 2.64. The van der Waals surface area contributed by atoms with Gasteiger partial charge in [0.05, 0.1) is 0 Å². The lowest BCUT2D eigenvalue weighted by atomic mass is 9.46. The van der Waals surface area contributed by atoms with Crippen molar-refractivity contribution in [2.45, 2.75) is 58.7 Å². The number of carbonyl (C=O) groups is 3. The van der Waals surface area contributed by atoms with Gasteiger partial charge < -0.3 is 9.84 Å². The van der Waals surface area contributed by atoms with Crippen molar-refractivity contribution in [3.05, 3.63) is 11.6 Å². The molecule has 122 valence electrons. The molecule has 0 aromatic rings. The van der Waals surface area contributed by atoms with Gasteiger partial charge in [0.15, 0.2) is 11.9 Å². The average molecular weight is 308 g/mol. The molecule has 0 radical (unpaired) electrons. The Labute approximate surface area is 130 Å². The molecule has 0 unspecified atom stereocenters. The van der Waals surface area contributed by atoms with E-state index in [2.05, 4.69) is 13.8 Å². The SMILES string of the molecule is CC(=O)O[C@@H]1C=C(C=O)[C@](O)(C=O)[C@@]2(C)CCCC(C)(C)[C@H]12. The molecule has 1 saturated carbocycles. The van der Waals surface area contributed by atoms with Crippen LogP contribution in [0.2, 0.25) is 0 Å². The van der Waals surface area contributed by atoms with Crippen LogP contribution >= 0.6 is 0 Å². The van der Waals surface area contributed by atoms with Crippen LogP contribution in [0.25, 0.3) is 0 Å². The lowest BCUT2D eigenvalue weighted by Gasteiger charge is -2.59. The van der Waals surface area contributed by atoms with E-state index in [0.29, 0.717) is 19.0 Å². The van der Waals surface area contributed by atoms with Crippen LogP contribution in [-0.4, -0.2) is 35.4 Å². The largest absolute Gasteiger partial charge is 0.458 e. The standard InChI is InChI=1S/C17H24O5/c1-11(20)22-13-8-12(9-18)17(21,10-19)16(4)7-5-6-15(2,3)14(13)16/h8-10,13-14,21H,5-7H2,1-4H3/t13-,14+,16+,17-/m1/s1. The number of rotatable bonds is 3. The van der Waals surface area contributed by atoms with Gasteiger partial charge in [0.2, 0.25) is 0 Å². The minimum Gasteiger partial charge on any atom is -0.458 e. The molecule has 2 aliphatic carbocycles. The number of fused-ring (bicyclic) bond motifs is 1. The molecule has 1 N–H and O–H groups in total. The van der Waals surface area contributed by atoms with Gasteiger partial charge in [-0.3, -0.25) is 14.4 Å². The molecule has 0 aromatic carbocycles. The minimum atomic E-state index is -1.84. The summed E-state index contributed by atoms with van der Waals surface area (Å²) in [7, 11) is 0. The fourth-order valence-corrected chi connectivity index (χ4v) is 4.67. The molecule has 22 heavy (non-hydrogen) atoms. The molecule has 4 atom stereocenters. The lowest BCUT2D eigenvalue weighted by Crippen LogP contribution is -2.64. The van der Waals surface area contributed by atoms with Gasteiger partial charge in [0.25, 0.3) is 0 Å². The highest BCUT2D eigenvalue weighted by molar-refractivity contribution is 5.88. The van der Waals surface area contributed by atoms with E-state index in [1.165, 1.54) is 13.0 Å². The van der Waals surface area contributed by atoms with E-state index in [4.69, 9.17) is 4.74 Å². The monoisotopic (exact) mass is 308 g/mol. The summed E-state index contributed by atoms with van der Waals surface area (Å²) < 4.78 is 5.43. The molecule has 0 heterocycles. The van der Waals surface area contributed by atoms with Crippen molar-refractivity contribution in [3.63, 3.8) is 0 Å². The van der Waals surface area contributed by atoms with Gasteiger partial charge in [-0.15, -0.1) is 0 Å². The Morgan fingerprint density at radius 3 is 2.45 bits per heavy atom. The summed E-state index contributed by atoms with van der Waals surface area (Å²) in [5.41, 5.74) is -2.92. The van der Waals surface area contributed by atoms with Gasteiger partial charge in [0.1, 0.15) is 12.4 Å². The lowest BCUT2D eigenvalue weighted by molar-refractivity contribution is -0.186. The zero-order chi connectivity index (χ0) is 16.8. The molecule has 2 rings (SSSR count). The van der Waals surface area contributed by atoms with E-state index in [1.807, 2.05) is 6.92 Å². The Kier molecular flexibility index (Phi) is 4.07. The summed E-state index contributed by atoms with van der Waals surface area (Å²) >= 11 is 0. The van der Waals surface area contributed by atoms with Crippen molar-refractivity contribution in [2.75, 3.05) is 0 Å². The average Bonchev–Trinajstić information content (AvgIpc) is 2.40. The maximum Gasteiger partial charge on any atom is 0.303 e. The van der Waals surface area contributed by atoms with E-state index in [-0.39, 0.29) is 16.9 Å². The molecule has 0 aromatic heterocycles. The molecule has 0 saturated heterocycles. The number of hydrogen-bond acceptors (Lipinski definition) is 5. The van der Waals surface area contributed by atoms with Crippen LogP contribution in [0.15, 0.2) is 11.6 Å². The zero-order valence-electron chi connectivity index (χ0n) is 13.6. The third-order valence-corrected chi connectivity index (χ3v) is 5.63. The molecule has 0 aliphatic heterocycles. The minimum absolute atomic E-state index is 0.00907. The number of aliphatic hydroxyl groups is 1. The smallest absolute Gasteiger partial charge is 0.303 e. The van der Waals surface area contributed by atoms with Gasteiger partial charge in [-0.25, -0.2) is 0 Å². The molecule has 5 heteroatoms. The summed E-state index contributed by atoms with van der Waals surface area (Å²) in [5.74, 6) is -0.677. The maximum absolute atomic E-state index is 11.7. The number of esters is 1. The van der Waals surface area contributed by atoms with E-state index in [9.17, 15) is 19.5 Å². The highest BCUT2D eigenvalue weighted by Crippen LogP contribution is 2.60. The predicted octanol–water partition coefficient (Wildman–Crippen LogP) is 1.82. The summed E-state index contributed by atoms with van der Waals surface area (Å²) in [6.45, 7) is 7.25. The van der Waals surface area contributed by atoms with E-state index in [1.54, 1.807) is 0 Å².